The molecule has 0 radical (unpaired) electrons. The molecule has 8 nitrogen and oxygen atoms in total. The Hall–Kier alpha value is -1.67. The normalized spacial score (nSPS) is 20.1. The molecule has 1 aliphatic rings. The van der Waals surface area contributed by atoms with Crippen LogP contribution in [0.5, 0.6) is 0 Å². The van der Waals surface area contributed by atoms with E-state index in [4.69, 9.17) is 5.84 Å². The average Bonchev–Trinajstić information content (AvgIpc) is 2.38. The Labute approximate surface area is 113 Å². The topological polar surface area (TPSA) is 95.2 Å². The second-order valence-electron chi connectivity index (χ2n) is 5.07. The van der Waals surface area contributed by atoms with Gasteiger partial charge >= 0.3 is 0 Å². The third kappa shape index (κ3) is 3.65. The molecule has 0 aromatic carbocycles. The Kier molecular flexibility index (Phi) is 4.33. The Morgan fingerprint density at radius 2 is 2.00 bits per heavy atom. The zero-order valence-electron chi connectivity index (χ0n) is 11.7. The van der Waals surface area contributed by atoms with Crippen molar-refractivity contribution in [1.82, 2.24) is 19.9 Å². The summed E-state index contributed by atoms with van der Waals surface area (Å²) in [5, 5.41) is 3.36. The van der Waals surface area contributed by atoms with Crippen LogP contribution in [0.25, 0.3) is 0 Å². The molecule has 2 rings (SSSR count). The maximum absolute atomic E-state index is 5.39. The second kappa shape index (κ2) is 5.98. The first-order chi connectivity index (χ1) is 9.08. The molecule has 1 atom stereocenters. The van der Waals surface area contributed by atoms with Crippen molar-refractivity contribution < 1.29 is 0 Å². The van der Waals surface area contributed by atoms with Gasteiger partial charge in [-0.25, -0.2) is 5.84 Å². The van der Waals surface area contributed by atoms with Crippen LogP contribution in [0.3, 0.4) is 0 Å². The molecule has 1 aromatic heterocycles. The van der Waals surface area contributed by atoms with E-state index in [1.54, 1.807) is 0 Å². The van der Waals surface area contributed by atoms with Crippen LogP contribution in [0, 0.1) is 0 Å². The molecule has 0 amide bonds. The van der Waals surface area contributed by atoms with E-state index in [0.29, 0.717) is 23.9 Å². The third-order valence-electron chi connectivity index (χ3n) is 3.11. The largest absolute Gasteiger partial charge is 0.350 e. The summed E-state index contributed by atoms with van der Waals surface area (Å²) in [6.45, 7) is 2.14. The molecule has 1 unspecified atom stereocenters. The maximum atomic E-state index is 5.39. The molecule has 0 spiro atoms. The second-order valence-corrected chi connectivity index (χ2v) is 5.07. The summed E-state index contributed by atoms with van der Waals surface area (Å²) >= 11 is 0. The van der Waals surface area contributed by atoms with Gasteiger partial charge in [0.1, 0.15) is 0 Å². The van der Waals surface area contributed by atoms with Gasteiger partial charge in [0.25, 0.3) is 0 Å². The highest BCUT2D eigenvalue weighted by Crippen LogP contribution is 2.15. The monoisotopic (exact) mass is 266 g/mol. The van der Waals surface area contributed by atoms with E-state index in [2.05, 4.69) is 37.6 Å². The quantitative estimate of drug-likeness (QED) is 0.506. The number of nitrogens with one attached hydrogen (secondary N) is 2. The molecule has 106 valence electrons. The number of rotatable bonds is 4. The molecular formula is C11H22N8. The van der Waals surface area contributed by atoms with Gasteiger partial charge in [-0.05, 0) is 26.4 Å². The van der Waals surface area contributed by atoms with E-state index in [-0.39, 0.29) is 0 Å². The van der Waals surface area contributed by atoms with Gasteiger partial charge in [-0.3, -0.25) is 5.43 Å². The molecular weight excluding hydrogens is 244 g/mol. The molecule has 8 heteroatoms. The molecule has 1 fully saturated rings. The van der Waals surface area contributed by atoms with Crippen LogP contribution in [-0.4, -0.2) is 60.1 Å². The van der Waals surface area contributed by atoms with Crippen molar-refractivity contribution >= 4 is 17.8 Å². The van der Waals surface area contributed by atoms with Crippen molar-refractivity contribution in [2.24, 2.45) is 5.84 Å². The van der Waals surface area contributed by atoms with E-state index in [1.807, 2.05) is 19.0 Å². The first-order valence-corrected chi connectivity index (χ1v) is 6.43. The van der Waals surface area contributed by atoms with Crippen LogP contribution >= 0.6 is 0 Å². The number of piperidine rings is 1. The van der Waals surface area contributed by atoms with E-state index >= 15 is 0 Å². The van der Waals surface area contributed by atoms with Crippen molar-refractivity contribution in [2.45, 2.75) is 18.9 Å². The maximum Gasteiger partial charge on any atom is 0.243 e. The Morgan fingerprint density at radius 3 is 2.63 bits per heavy atom. The first kappa shape index (κ1) is 13.8. The number of hydrogen-bond acceptors (Lipinski definition) is 8. The molecule has 0 bridgehead atoms. The van der Waals surface area contributed by atoms with Crippen molar-refractivity contribution in [1.29, 1.82) is 0 Å². The van der Waals surface area contributed by atoms with Crippen LogP contribution in [0.2, 0.25) is 0 Å². The summed E-state index contributed by atoms with van der Waals surface area (Å²) in [5.74, 6) is 6.89. The number of nitrogens with two attached hydrogens (primary N) is 1. The highest BCUT2D eigenvalue weighted by atomic mass is 15.4. The van der Waals surface area contributed by atoms with Crippen molar-refractivity contribution in [2.75, 3.05) is 49.9 Å². The number of likely N-dealkylation sites (N-methyl/N-ethyl adjacent to an activating group) is 1. The minimum Gasteiger partial charge on any atom is -0.350 e. The predicted octanol–water partition coefficient (Wildman–Crippen LogP) is -0.271. The van der Waals surface area contributed by atoms with Gasteiger partial charge in [-0.1, -0.05) is 0 Å². The van der Waals surface area contributed by atoms with E-state index in [0.717, 1.165) is 19.5 Å². The first-order valence-electron chi connectivity index (χ1n) is 6.43. The van der Waals surface area contributed by atoms with Crippen LogP contribution in [0.15, 0.2) is 0 Å². The number of hydrogen-bond donors (Lipinski definition) is 3. The predicted molar refractivity (Wildman–Crippen MR) is 76.1 cm³/mol. The van der Waals surface area contributed by atoms with Crippen molar-refractivity contribution in [3.05, 3.63) is 0 Å². The fourth-order valence-electron chi connectivity index (χ4n) is 2.16. The third-order valence-corrected chi connectivity index (χ3v) is 3.11. The highest BCUT2D eigenvalue weighted by molar-refractivity contribution is 5.42. The Morgan fingerprint density at radius 1 is 1.26 bits per heavy atom. The molecule has 2 heterocycles. The van der Waals surface area contributed by atoms with E-state index in [9.17, 15) is 0 Å². The summed E-state index contributed by atoms with van der Waals surface area (Å²) in [6.07, 6.45) is 2.31. The molecule has 1 aliphatic heterocycles. The van der Waals surface area contributed by atoms with Gasteiger partial charge < -0.3 is 15.1 Å². The smallest absolute Gasteiger partial charge is 0.243 e. The zero-order valence-corrected chi connectivity index (χ0v) is 11.7. The molecule has 0 saturated carbocycles. The number of nitrogen functional groups attached to an aromatic ring is 1. The lowest BCUT2D eigenvalue weighted by Crippen LogP contribution is -2.40. The fourth-order valence-corrected chi connectivity index (χ4v) is 2.16. The molecule has 4 N–H and O–H groups in total. The molecule has 1 aromatic rings. The Bertz CT molecular complexity index is 421. The van der Waals surface area contributed by atoms with Crippen LogP contribution in [0.1, 0.15) is 12.8 Å². The molecule has 0 aliphatic carbocycles. The lowest BCUT2D eigenvalue weighted by molar-refractivity contribution is 0.260. The lowest BCUT2D eigenvalue weighted by atomic mass is 10.1. The minimum atomic E-state index is 0.363. The van der Waals surface area contributed by atoms with Crippen molar-refractivity contribution in [3.63, 3.8) is 0 Å². The standard InChI is InChI=1S/C11H22N8/c1-18(2)11-15-9(14-10(16-11)17-12)13-8-5-4-6-19(3)7-8/h8H,4-7,12H2,1-3H3,(H2,13,14,15,16,17). The Balaban J connectivity index is 2.12. The van der Waals surface area contributed by atoms with E-state index < -0.39 is 0 Å². The average molecular weight is 266 g/mol. The number of hydrazine groups is 1. The lowest BCUT2D eigenvalue weighted by Gasteiger charge is -2.30. The number of nitrogens with zero attached hydrogens (tertiary/aromatic N) is 5. The van der Waals surface area contributed by atoms with Gasteiger partial charge in [0.05, 0.1) is 0 Å². The summed E-state index contributed by atoms with van der Waals surface area (Å²) in [5.41, 5.74) is 2.47. The van der Waals surface area contributed by atoms with Gasteiger partial charge in [-0.2, -0.15) is 15.0 Å². The van der Waals surface area contributed by atoms with Gasteiger partial charge in [0.2, 0.25) is 17.8 Å². The van der Waals surface area contributed by atoms with Crippen molar-refractivity contribution in [3.8, 4) is 0 Å². The zero-order chi connectivity index (χ0) is 13.8. The summed E-state index contributed by atoms with van der Waals surface area (Å²) in [4.78, 5) is 16.9. The summed E-state index contributed by atoms with van der Waals surface area (Å²) < 4.78 is 0. The van der Waals surface area contributed by atoms with E-state index in [1.165, 1.54) is 6.42 Å². The van der Waals surface area contributed by atoms with Crippen LogP contribution in [0.4, 0.5) is 17.8 Å². The number of anilines is 3. The molecule has 19 heavy (non-hydrogen) atoms. The summed E-state index contributed by atoms with van der Waals surface area (Å²) in [7, 11) is 5.89. The van der Waals surface area contributed by atoms with Crippen LogP contribution < -0.4 is 21.5 Å². The van der Waals surface area contributed by atoms with Crippen LogP contribution in [-0.2, 0) is 0 Å². The molecule has 1 saturated heterocycles. The highest BCUT2D eigenvalue weighted by Gasteiger charge is 2.18. The summed E-state index contributed by atoms with van der Waals surface area (Å²) in [6, 6.07) is 0.363. The SMILES string of the molecule is CN1CCCC(Nc2nc(NN)nc(N(C)C)n2)C1. The van der Waals surface area contributed by atoms with Gasteiger partial charge in [0, 0.05) is 26.7 Å². The van der Waals surface area contributed by atoms with Gasteiger partial charge in [-0.15, -0.1) is 0 Å². The minimum absolute atomic E-state index is 0.363. The van der Waals surface area contributed by atoms with Gasteiger partial charge in [0.15, 0.2) is 0 Å². The number of likely N-dealkylation sites (tertiary alicyclic amines) is 1. The number of aromatic nitrogens is 3. The fraction of sp³-hybridized carbons (Fsp3) is 0.727.